The van der Waals surface area contributed by atoms with Crippen LogP contribution in [0.15, 0.2) is 30.5 Å². The number of halogens is 1. The normalized spacial score (nSPS) is 12.2. The Balaban J connectivity index is 2.18. The van der Waals surface area contributed by atoms with E-state index < -0.39 is 11.6 Å². The van der Waals surface area contributed by atoms with Gasteiger partial charge in [-0.25, -0.2) is 0 Å². The van der Waals surface area contributed by atoms with Crippen LogP contribution < -0.4 is 15.4 Å². The molecule has 0 aliphatic heterocycles. The Morgan fingerprint density at radius 3 is 2.55 bits per heavy atom. The molecule has 29 heavy (non-hydrogen) atoms. The van der Waals surface area contributed by atoms with E-state index in [2.05, 4.69) is 15.6 Å². The lowest BCUT2D eigenvalue weighted by molar-refractivity contribution is -0.115. The first kappa shape index (κ1) is 22.6. The summed E-state index contributed by atoms with van der Waals surface area (Å²) in [7, 11) is 1.47. The van der Waals surface area contributed by atoms with Crippen LogP contribution in [-0.2, 0) is 11.2 Å². The summed E-state index contributed by atoms with van der Waals surface area (Å²) in [6.45, 7) is 7.21. The molecular weight excluding hydrogens is 394 g/mol. The molecular formula is C21H26ClN3O4. The molecule has 1 atom stereocenters. The molecule has 1 unspecified atom stereocenters. The maximum atomic E-state index is 12.6. The van der Waals surface area contributed by atoms with E-state index in [4.69, 9.17) is 16.3 Å². The van der Waals surface area contributed by atoms with Crippen LogP contribution in [0.5, 0.6) is 5.75 Å². The number of benzene rings is 1. The van der Waals surface area contributed by atoms with Crippen molar-refractivity contribution in [2.24, 2.45) is 0 Å². The van der Waals surface area contributed by atoms with Gasteiger partial charge in [0.15, 0.2) is 0 Å². The standard InChI is InChI=1S/C21H26ClN3O4/c1-12(26)16-10-14(22)8-13(19(16)29-5)9-18(27)24-15-6-7-23-17(11-15)20(28)25-21(2,3)4/h6-8,10-12,26H,9H2,1-5H3,(H,25,28)(H,23,24,27). The summed E-state index contributed by atoms with van der Waals surface area (Å²) in [6.07, 6.45) is 0.642. The van der Waals surface area contributed by atoms with Gasteiger partial charge in [0.1, 0.15) is 11.4 Å². The molecule has 0 saturated heterocycles. The molecule has 0 radical (unpaired) electrons. The van der Waals surface area contributed by atoms with Gasteiger partial charge >= 0.3 is 0 Å². The number of carbonyl (C=O) groups excluding carboxylic acids is 2. The molecule has 0 spiro atoms. The number of anilines is 1. The average Bonchev–Trinajstić information content (AvgIpc) is 2.59. The van der Waals surface area contributed by atoms with E-state index in [-0.39, 0.29) is 23.9 Å². The van der Waals surface area contributed by atoms with Gasteiger partial charge in [0.25, 0.3) is 5.91 Å². The summed E-state index contributed by atoms with van der Waals surface area (Å²) in [5.41, 5.74) is 1.30. The Hall–Kier alpha value is -2.64. The number of hydrogen-bond donors (Lipinski definition) is 3. The third-order valence-corrected chi connectivity index (χ3v) is 4.15. The van der Waals surface area contributed by atoms with Gasteiger partial charge in [-0.1, -0.05) is 11.6 Å². The molecule has 0 saturated carbocycles. The van der Waals surface area contributed by atoms with Crippen molar-refractivity contribution in [1.29, 1.82) is 0 Å². The largest absolute Gasteiger partial charge is 0.496 e. The Labute approximate surface area is 175 Å². The van der Waals surface area contributed by atoms with Crippen molar-refractivity contribution in [3.63, 3.8) is 0 Å². The summed E-state index contributed by atoms with van der Waals surface area (Å²) >= 11 is 6.12. The minimum absolute atomic E-state index is 0.0186. The van der Waals surface area contributed by atoms with Gasteiger partial charge in [0.05, 0.1) is 19.6 Å². The van der Waals surface area contributed by atoms with Crippen LogP contribution in [0, 0.1) is 0 Å². The van der Waals surface area contributed by atoms with Crippen molar-refractivity contribution >= 4 is 29.1 Å². The van der Waals surface area contributed by atoms with Crippen molar-refractivity contribution in [3.05, 3.63) is 52.3 Å². The van der Waals surface area contributed by atoms with Gasteiger partial charge in [-0.05, 0) is 52.0 Å². The van der Waals surface area contributed by atoms with Crippen molar-refractivity contribution < 1.29 is 19.4 Å². The van der Waals surface area contributed by atoms with E-state index in [0.717, 1.165) is 0 Å². The zero-order valence-electron chi connectivity index (χ0n) is 17.2. The molecule has 3 N–H and O–H groups in total. The number of aliphatic hydroxyl groups is 1. The van der Waals surface area contributed by atoms with Gasteiger partial charge in [-0.2, -0.15) is 0 Å². The van der Waals surface area contributed by atoms with Crippen molar-refractivity contribution in [2.75, 3.05) is 12.4 Å². The molecule has 0 fully saturated rings. The van der Waals surface area contributed by atoms with Crippen LogP contribution in [-0.4, -0.2) is 34.6 Å². The maximum Gasteiger partial charge on any atom is 0.270 e. The summed E-state index contributed by atoms with van der Waals surface area (Å²) in [5, 5.41) is 15.9. The SMILES string of the molecule is COc1c(CC(=O)Nc2ccnc(C(=O)NC(C)(C)C)c2)cc(Cl)cc1C(C)O. The molecule has 2 aromatic rings. The molecule has 1 heterocycles. The molecule has 0 bridgehead atoms. The van der Waals surface area contributed by atoms with Crippen molar-refractivity contribution in [1.82, 2.24) is 10.3 Å². The Morgan fingerprint density at radius 1 is 1.28 bits per heavy atom. The third kappa shape index (κ3) is 6.44. The molecule has 156 valence electrons. The number of aliphatic hydroxyl groups excluding tert-OH is 1. The number of aromatic nitrogens is 1. The second-order valence-electron chi connectivity index (χ2n) is 7.72. The topological polar surface area (TPSA) is 101 Å². The smallest absolute Gasteiger partial charge is 0.270 e. The van der Waals surface area contributed by atoms with Gasteiger partial charge in [-0.3, -0.25) is 14.6 Å². The van der Waals surface area contributed by atoms with Crippen LogP contribution in [0.2, 0.25) is 5.02 Å². The quantitative estimate of drug-likeness (QED) is 0.665. The van der Waals surface area contributed by atoms with Crippen molar-refractivity contribution in [2.45, 2.75) is 45.8 Å². The molecule has 2 rings (SSSR count). The number of pyridine rings is 1. The number of ether oxygens (including phenoxy) is 1. The highest BCUT2D eigenvalue weighted by Crippen LogP contribution is 2.33. The lowest BCUT2D eigenvalue weighted by atomic mass is 10.0. The third-order valence-electron chi connectivity index (χ3n) is 3.93. The van der Waals surface area contributed by atoms with Crippen LogP contribution in [0.25, 0.3) is 0 Å². The second kappa shape index (κ2) is 9.24. The first-order chi connectivity index (χ1) is 13.5. The number of nitrogens with one attached hydrogen (secondary N) is 2. The van der Waals surface area contributed by atoms with Gasteiger partial charge in [0.2, 0.25) is 5.91 Å². The maximum absolute atomic E-state index is 12.6. The highest BCUT2D eigenvalue weighted by molar-refractivity contribution is 6.30. The zero-order valence-corrected chi connectivity index (χ0v) is 17.9. The van der Waals surface area contributed by atoms with E-state index in [9.17, 15) is 14.7 Å². The molecule has 0 aliphatic carbocycles. The van der Waals surface area contributed by atoms with Gasteiger partial charge in [0, 0.05) is 33.6 Å². The summed E-state index contributed by atoms with van der Waals surface area (Å²) < 4.78 is 5.38. The van der Waals surface area contributed by atoms with Crippen LogP contribution in [0.4, 0.5) is 5.69 Å². The minimum atomic E-state index is -0.797. The lowest BCUT2D eigenvalue weighted by Gasteiger charge is -2.20. The summed E-state index contributed by atoms with van der Waals surface area (Å²) in [5.74, 6) is -0.235. The molecule has 1 aromatic heterocycles. The Bertz CT molecular complexity index is 907. The number of rotatable bonds is 6. The Morgan fingerprint density at radius 2 is 1.97 bits per heavy atom. The van der Waals surface area contributed by atoms with Crippen molar-refractivity contribution in [3.8, 4) is 5.75 Å². The second-order valence-corrected chi connectivity index (χ2v) is 8.16. The Kier molecular flexibility index (Phi) is 7.21. The predicted molar refractivity (Wildman–Crippen MR) is 112 cm³/mol. The van der Waals surface area contributed by atoms with Crippen LogP contribution in [0.3, 0.4) is 0 Å². The predicted octanol–water partition coefficient (Wildman–Crippen LogP) is 3.51. The van der Waals surface area contributed by atoms with Gasteiger partial charge in [-0.15, -0.1) is 0 Å². The van der Waals surface area contributed by atoms with Crippen LogP contribution >= 0.6 is 11.6 Å². The molecule has 7 nitrogen and oxygen atoms in total. The van der Waals surface area contributed by atoms with E-state index >= 15 is 0 Å². The van der Waals surface area contributed by atoms with Crippen LogP contribution in [0.1, 0.15) is 55.4 Å². The molecule has 1 aromatic carbocycles. The fourth-order valence-corrected chi connectivity index (χ4v) is 3.03. The fraction of sp³-hybridized carbons (Fsp3) is 0.381. The molecule has 8 heteroatoms. The first-order valence-electron chi connectivity index (χ1n) is 9.13. The lowest BCUT2D eigenvalue weighted by Crippen LogP contribution is -2.40. The van der Waals surface area contributed by atoms with E-state index in [0.29, 0.717) is 27.6 Å². The van der Waals surface area contributed by atoms with E-state index in [1.54, 1.807) is 25.1 Å². The zero-order chi connectivity index (χ0) is 21.8. The number of amides is 2. The monoisotopic (exact) mass is 419 g/mol. The number of hydrogen-bond acceptors (Lipinski definition) is 5. The minimum Gasteiger partial charge on any atom is -0.496 e. The van der Waals surface area contributed by atoms with Gasteiger partial charge < -0.3 is 20.5 Å². The average molecular weight is 420 g/mol. The highest BCUT2D eigenvalue weighted by atomic mass is 35.5. The van der Waals surface area contributed by atoms with E-state index in [1.807, 2.05) is 20.8 Å². The summed E-state index contributed by atoms with van der Waals surface area (Å²) in [4.78, 5) is 28.9. The number of carbonyl (C=O) groups is 2. The van der Waals surface area contributed by atoms with E-state index in [1.165, 1.54) is 19.4 Å². The fourth-order valence-electron chi connectivity index (χ4n) is 2.78. The number of nitrogens with zero attached hydrogens (tertiary/aromatic N) is 1. The molecule has 2 amide bonds. The summed E-state index contributed by atoms with van der Waals surface area (Å²) in [6, 6.07) is 6.34. The molecule has 0 aliphatic rings. The first-order valence-corrected chi connectivity index (χ1v) is 9.50. The number of methoxy groups -OCH3 is 1. The highest BCUT2D eigenvalue weighted by Gasteiger charge is 2.19.